The molecule has 0 spiro atoms. The first-order valence-corrected chi connectivity index (χ1v) is 9.27. The quantitative estimate of drug-likeness (QED) is 0.680. The second-order valence-electron chi connectivity index (χ2n) is 7.02. The lowest BCUT2D eigenvalue weighted by molar-refractivity contribution is 0.125. The molecule has 0 aliphatic heterocycles. The van der Waals surface area contributed by atoms with Gasteiger partial charge in [0.15, 0.2) is 0 Å². The molecule has 130 valence electrons. The summed E-state index contributed by atoms with van der Waals surface area (Å²) in [6.07, 6.45) is 8.81. The molecule has 0 saturated heterocycles. The van der Waals surface area contributed by atoms with Gasteiger partial charge in [-0.1, -0.05) is 39.2 Å². The minimum atomic E-state index is -0.438. The zero-order chi connectivity index (χ0) is 16.7. The van der Waals surface area contributed by atoms with Crippen molar-refractivity contribution >= 4 is 0 Å². The first-order chi connectivity index (χ1) is 11.1. The van der Waals surface area contributed by atoms with Gasteiger partial charge < -0.3 is 15.6 Å². The van der Waals surface area contributed by atoms with Gasteiger partial charge in [0.05, 0.1) is 13.2 Å². The number of aliphatic hydroxyl groups is 1. The van der Waals surface area contributed by atoms with Crippen molar-refractivity contribution in [3.05, 3.63) is 29.3 Å². The predicted molar refractivity (Wildman–Crippen MR) is 95.9 cm³/mol. The molecular formula is C20H33NO2. The van der Waals surface area contributed by atoms with Crippen molar-refractivity contribution in [2.45, 2.75) is 70.8 Å². The monoisotopic (exact) mass is 319 g/mol. The number of ether oxygens (including phenoxy) is 1. The maximum Gasteiger partial charge on any atom is 0.119 e. The number of fused-ring (bicyclic) bond motifs is 1. The maximum atomic E-state index is 9.64. The zero-order valence-electron chi connectivity index (χ0n) is 14.8. The molecule has 0 heterocycles. The molecule has 1 aromatic carbocycles. The van der Waals surface area contributed by atoms with E-state index in [4.69, 9.17) is 10.5 Å². The summed E-state index contributed by atoms with van der Waals surface area (Å²) >= 11 is 0. The standard InChI is InChI=1S/C20H33NO2/c1-3-5-6-7-12-23-19-11-9-16-13-18(10-8-17(16)14-19)20(21,4-2)15-22/h9,11,14,18,22H,3-8,10,12-13,15,21H2,1-2H3. The molecule has 0 fully saturated rings. The first kappa shape index (κ1) is 18.3. The maximum absolute atomic E-state index is 9.64. The molecule has 0 bridgehead atoms. The van der Waals surface area contributed by atoms with E-state index in [1.807, 2.05) is 0 Å². The van der Waals surface area contributed by atoms with Crippen LogP contribution in [-0.2, 0) is 12.8 Å². The molecule has 0 saturated carbocycles. The average molecular weight is 319 g/mol. The van der Waals surface area contributed by atoms with Gasteiger partial charge in [-0.25, -0.2) is 0 Å². The van der Waals surface area contributed by atoms with E-state index in [1.165, 1.54) is 30.4 Å². The second kappa shape index (κ2) is 8.70. The molecule has 3 nitrogen and oxygen atoms in total. The van der Waals surface area contributed by atoms with Gasteiger partial charge in [0.25, 0.3) is 0 Å². The fourth-order valence-corrected chi connectivity index (χ4v) is 3.56. The smallest absolute Gasteiger partial charge is 0.119 e. The van der Waals surface area contributed by atoms with Crippen molar-refractivity contribution in [2.75, 3.05) is 13.2 Å². The minimum absolute atomic E-state index is 0.0719. The summed E-state index contributed by atoms with van der Waals surface area (Å²) in [4.78, 5) is 0. The van der Waals surface area contributed by atoms with Crippen LogP contribution in [0.25, 0.3) is 0 Å². The van der Waals surface area contributed by atoms with Crippen molar-refractivity contribution < 1.29 is 9.84 Å². The Morgan fingerprint density at radius 1 is 1.22 bits per heavy atom. The molecule has 2 atom stereocenters. The van der Waals surface area contributed by atoms with Gasteiger partial charge >= 0.3 is 0 Å². The number of aliphatic hydroxyl groups excluding tert-OH is 1. The molecular weight excluding hydrogens is 286 g/mol. The number of rotatable bonds is 9. The topological polar surface area (TPSA) is 55.5 Å². The summed E-state index contributed by atoms with van der Waals surface area (Å²) in [6.45, 7) is 5.18. The first-order valence-electron chi connectivity index (χ1n) is 9.27. The van der Waals surface area contributed by atoms with E-state index in [1.54, 1.807) is 0 Å². The number of benzene rings is 1. The van der Waals surface area contributed by atoms with Crippen LogP contribution in [0.15, 0.2) is 18.2 Å². The van der Waals surface area contributed by atoms with Crippen LogP contribution in [-0.4, -0.2) is 23.9 Å². The Bertz CT molecular complexity index is 483. The van der Waals surface area contributed by atoms with E-state index >= 15 is 0 Å². The van der Waals surface area contributed by atoms with Crippen LogP contribution in [0.5, 0.6) is 5.75 Å². The van der Waals surface area contributed by atoms with Gasteiger partial charge in [0.1, 0.15) is 5.75 Å². The van der Waals surface area contributed by atoms with E-state index in [0.29, 0.717) is 5.92 Å². The molecule has 0 aromatic heterocycles. The highest BCUT2D eigenvalue weighted by Gasteiger charge is 2.35. The molecule has 3 N–H and O–H groups in total. The molecule has 2 unspecified atom stereocenters. The Kier molecular flexibility index (Phi) is 6.91. The Hall–Kier alpha value is -1.06. The number of aryl methyl sites for hydroxylation is 1. The highest BCUT2D eigenvalue weighted by atomic mass is 16.5. The van der Waals surface area contributed by atoms with E-state index in [0.717, 1.165) is 44.5 Å². The van der Waals surface area contributed by atoms with Crippen molar-refractivity contribution in [3.8, 4) is 5.75 Å². The molecule has 1 aliphatic rings. The number of unbranched alkanes of at least 4 members (excludes halogenated alkanes) is 3. The van der Waals surface area contributed by atoms with Gasteiger partial charge in [-0.3, -0.25) is 0 Å². The SMILES string of the molecule is CCCCCCOc1ccc2c(c1)CCC(C(N)(CC)CO)C2. The van der Waals surface area contributed by atoms with Gasteiger partial charge in [-0.2, -0.15) is 0 Å². The number of nitrogens with two attached hydrogens (primary N) is 1. The van der Waals surface area contributed by atoms with Gasteiger partial charge in [0, 0.05) is 5.54 Å². The molecule has 0 radical (unpaired) electrons. The highest BCUT2D eigenvalue weighted by molar-refractivity contribution is 5.38. The fraction of sp³-hybridized carbons (Fsp3) is 0.700. The molecule has 23 heavy (non-hydrogen) atoms. The van der Waals surface area contributed by atoms with Crippen LogP contribution in [0, 0.1) is 5.92 Å². The third kappa shape index (κ3) is 4.71. The zero-order valence-corrected chi connectivity index (χ0v) is 14.8. The van der Waals surface area contributed by atoms with Crippen molar-refractivity contribution in [2.24, 2.45) is 11.7 Å². The average Bonchev–Trinajstić information content (AvgIpc) is 2.60. The molecule has 2 rings (SSSR count). The highest BCUT2D eigenvalue weighted by Crippen LogP contribution is 2.34. The van der Waals surface area contributed by atoms with Crippen molar-refractivity contribution in [1.29, 1.82) is 0 Å². The lowest BCUT2D eigenvalue weighted by Gasteiger charge is -2.38. The molecule has 1 aromatic rings. The van der Waals surface area contributed by atoms with E-state index in [-0.39, 0.29) is 6.61 Å². The summed E-state index contributed by atoms with van der Waals surface area (Å²) in [5.74, 6) is 1.36. The lowest BCUT2D eigenvalue weighted by atomic mass is 9.72. The Morgan fingerprint density at radius 3 is 2.74 bits per heavy atom. The fourth-order valence-electron chi connectivity index (χ4n) is 3.56. The van der Waals surface area contributed by atoms with E-state index in [2.05, 4.69) is 32.0 Å². The lowest BCUT2D eigenvalue weighted by Crippen LogP contribution is -2.51. The Labute approximate surface area is 141 Å². The molecule has 1 aliphatic carbocycles. The van der Waals surface area contributed by atoms with Crippen LogP contribution in [0.2, 0.25) is 0 Å². The normalized spacial score (nSPS) is 19.9. The van der Waals surface area contributed by atoms with Gasteiger partial charge in [-0.05, 0) is 61.3 Å². The van der Waals surface area contributed by atoms with Gasteiger partial charge in [-0.15, -0.1) is 0 Å². The summed E-state index contributed by atoms with van der Waals surface area (Å²) in [7, 11) is 0. The predicted octanol–water partition coefficient (Wildman–Crippen LogP) is 3.85. The summed E-state index contributed by atoms with van der Waals surface area (Å²) < 4.78 is 5.89. The van der Waals surface area contributed by atoms with Gasteiger partial charge in [0.2, 0.25) is 0 Å². The van der Waals surface area contributed by atoms with E-state index < -0.39 is 5.54 Å². The third-order valence-corrected chi connectivity index (χ3v) is 5.44. The largest absolute Gasteiger partial charge is 0.494 e. The van der Waals surface area contributed by atoms with E-state index in [9.17, 15) is 5.11 Å². The third-order valence-electron chi connectivity index (χ3n) is 5.44. The Morgan fingerprint density at radius 2 is 2.04 bits per heavy atom. The minimum Gasteiger partial charge on any atom is -0.494 e. The van der Waals surface area contributed by atoms with Crippen LogP contribution >= 0.6 is 0 Å². The van der Waals surface area contributed by atoms with Crippen molar-refractivity contribution in [3.63, 3.8) is 0 Å². The van der Waals surface area contributed by atoms with Crippen LogP contribution in [0.1, 0.15) is 63.5 Å². The molecule has 0 amide bonds. The van der Waals surface area contributed by atoms with Crippen LogP contribution < -0.4 is 10.5 Å². The Balaban J connectivity index is 1.93. The summed E-state index contributed by atoms with van der Waals surface area (Å²) in [5.41, 5.74) is 8.71. The summed E-state index contributed by atoms with van der Waals surface area (Å²) in [6, 6.07) is 6.48. The van der Waals surface area contributed by atoms with Crippen LogP contribution in [0.4, 0.5) is 0 Å². The number of hydrogen-bond donors (Lipinski definition) is 2. The summed E-state index contributed by atoms with van der Waals surface area (Å²) in [5, 5.41) is 9.64. The molecule has 3 heteroatoms. The number of hydrogen-bond acceptors (Lipinski definition) is 3. The van der Waals surface area contributed by atoms with Crippen molar-refractivity contribution in [1.82, 2.24) is 0 Å². The van der Waals surface area contributed by atoms with Crippen LogP contribution in [0.3, 0.4) is 0 Å². The second-order valence-corrected chi connectivity index (χ2v) is 7.02.